The second kappa shape index (κ2) is 8.14. The van der Waals surface area contributed by atoms with Crippen molar-refractivity contribution in [2.75, 3.05) is 0 Å². The average molecular weight is 555 g/mol. The largest absolute Gasteiger partial charge is 0.457 e. The van der Waals surface area contributed by atoms with Gasteiger partial charge in [0.1, 0.15) is 34.2 Å². The molecule has 10 rings (SSSR count). The van der Waals surface area contributed by atoms with Gasteiger partial charge in [-0.3, -0.25) is 4.57 Å². The third kappa shape index (κ3) is 2.88. The molecule has 0 amide bonds. The summed E-state index contributed by atoms with van der Waals surface area (Å²) in [4.78, 5) is 6.60. The maximum Gasteiger partial charge on any atom is 0.180 e. The predicted molar refractivity (Wildman–Crippen MR) is 169 cm³/mol. The van der Waals surface area contributed by atoms with Gasteiger partial charge in [0.15, 0.2) is 12.4 Å². The molecule has 0 bridgehead atoms. The molecule has 2 N–H and O–H groups in total. The van der Waals surface area contributed by atoms with E-state index in [4.69, 9.17) is 9.47 Å². The minimum Gasteiger partial charge on any atom is -0.457 e. The summed E-state index contributed by atoms with van der Waals surface area (Å²) in [6.07, 6.45) is 6.03. The van der Waals surface area contributed by atoms with Gasteiger partial charge in [-0.05, 0) is 42.0 Å². The van der Waals surface area contributed by atoms with Gasteiger partial charge in [0, 0.05) is 45.3 Å². The second-order valence-electron chi connectivity index (χ2n) is 11.3. The van der Waals surface area contributed by atoms with Gasteiger partial charge in [-0.2, -0.15) is 0 Å². The summed E-state index contributed by atoms with van der Waals surface area (Å²) >= 11 is 0. The van der Waals surface area contributed by atoms with Crippen LogP contribution in [0, 0.1) is 0 Å². The Labute approximate surface area is 247 Å². The van der Waals surface area contributed by atoms with Crippen molar-refractivity contribution in [2.24, 2.45) is 0 Å². The molecular formula is C38H24N3O2+. The Hall–Kier alpha value is -5.81. The highest BCUT2D eigenvalue weighted by Gasteiger charge is 2.50. The summed E-state index contributed by atoms with van der Waals surface area (Å²) in [6, 6.07) is 40.8. The van der Waals surface area contributed by atoms with Gasteiger partial charge in [0.05, 0.1) is 16.6 Å². The number of para-hydroxylation sites is 3. The Morgan fingerprint density at radius 3 is 2.00 bits per heavy atom. The van der Waals surface area contributed by atoms with Gasteiger partial charge in [0.25, 0.3) is 0 Å². The molecule has 5 heteroatoms. The maximum atomic E-state index is 6.78. The van der Waals surface area contributed by atoms with Crippen molar-refractivity contribution in [3.8, 4) is 28.7 Å². The summed E-state index contributed by atoms with van der Waals surface area (Å²) in [5.74, 6) is 3.39. The number of H-pyrrole nitrogens is 1. The number of allylic oxidation sites excluding steroid dienone is 1. The molecule has 1 spiro atoms. The van der Waals surface area contributed by atoms with E-state index in [2.05, 4.69) is 118 Å². The highest BCUT2D eigenvalue weighted by Crippen LogP contribution is 2.61. The Bertz CT molecular complexity index is 2360. The Morgan fingerprint density at radius 1 is 0.605 bits per heavy atom. The number of aromatic nitrogens is 2. The number of rotatable bonds is 2. The summed E-state index contributed by atoms with van der Waals surface area (Å²) < 4.78 is 15.7. The number of benzene rings is 5. The fraction of sp³-hybridized carbons (Fsp3) is 0.0263. The normalized spacial score (nSPS) is 17.3. The molecule has 5 heterocycles. The van der Waals surface area contributed by atoms with Crippen LogP contribution in [0.5, 0.6) is 23.0 Å². The van der Waals surface area contributed by atoms with E-state index >= 15 is 0 Å². The second-order valence-corrected chi connectivity index (χ2v) is 11.3. The molecule has 202 valence electrons. The lowest BCUT2D eigenvalue weighted by Gasteiger charge is -2.45. The van der Waals surface area contributed by atoms with Crippen molar-refractivity contribution in [3.63, 3.8) is 0 Å². The van der Waals surface area contributed by atoms with Gasteiger partial charge in [-0.25, -0.2) is 4.99 Å². The zero-order chi connectivity index (χ0) is 28.1. The Morgan fingerprint density at radius 2 is 1.26 bits per heavy atom. The first-order chi connectivity index (χ1) is 21.3. The maximum absolute atomic E-state index is 6.78. The van der Waals surface area contributed by atoms with E-state index in [1.165, 1.54) is 10.8 Å². The summed E-state index contributed by atoms with van der Waals surface area (Å²) in [7, 11) is 0. The lowest BCUT2D eigenvalue weighted by molar-refractivity contribution is -0.374. The molecule has 7 aromatic rings. The van der Waals surface area contributed by atoms with Crippen LogP contribution >= 0.6 is 0 Å². The smallest absolute Gasteiger partial charge is 0.180 e. The van der Waals surface area contributed by atoms with E-state index in [0.29, 0.717) is 0 Å². The zero-order valence-electron chi connectivity index (χ0n) is 23.0. The number of hydrogen-bond donors (Lipinski definition) is 2. The molecule has 0 saturated carbocycles. The molecule has 5 nitrogen and oxygen atoms in total. The number of hydrogen-bond acceptors (Lipinski definition) is 2. The van der Waals surface area contributed by atoms with E-state index < -0.39 is 5.41 Å². The first kappa shape index (κ1) is 22.8. The van der Waals surface area contributed by atoms with Crippen LogP contribution in [0.3, 0.4) is 0 Å². The van der Waals surface area contributed by atoms with Crippen molar-refractivity contribution >= 4 is 33.7 Å². The fourth-order valence-electron chi connectivity index (χ4n) is 7.36. The minimum atomic E-state index is -0.623. The summed E-state index contributed by atoms with van der Waals surface area (Å²) in [6.45, 7) is 0. The molecule has 2 aromatic heterocycles. The van der Waals surface area contributed by atoms with Gasteiger partial charge in [-0.15, -0.1) is 0 Å². The first-order valence-corrected chi connectivity index (χ1v) is 14.5. The fourth-order valence-corrected chi connectivity index (χ4v) is 7.36. The zero-order valence-corrected chi connectivity index (χ0v) is 23.0. The van der Waals surface area contributed by atoms with Gasteiger partial charge >= 0.3 is 0 Å². The lowest BCUT2D eigenvalue weighted by Crippen LogP contribution is -2.67. The van der Waals surface area contributed by atoms with Crippen molar-refractivity contribution < 1.29 is 14.5 Å². The Balaban J connectivity index is 1.28. The minimum absolute atomic E-state index is 0.623. The molecular weight excluding hydrogens is 530 g/mol. The van der Waals surface area contributed by atoms with Crippen LogP contribution in [-0.2, 0) is 5.41 Å². The quantitative estimate of drug-likeness (QED) is 0.237. The van der Waals surface area contributed by atoms with E-state index in [1.54, 1.807) is 0 Å². The van der Waals surface area contributed by atoms with Crippen molar-refractivity contribution in [1.82, 2.24) is 9.55 Å². The molecule has 0 radical (unpaired) electrons. The third-order valence-corrected chi connectivity index (χ3v) is 9.23. The summed E-state index contributed by atoms with van der Waals surface area (Å²) in [5.41, 5.74) is 9.33. The van der Waals surface area contributed by atoms with Gasteiger partial charge < -0.3 is 14.5 Å². The van der Waals surface area contributed by atoms with Crippen LogP contribution in [0.2, 0.25) is 0 Å². The molecule has 3 aliphatic heterocycles. The van der Waals surface area contributed by atoms with Crippen LogP contribution < -0.4 is 14.5 Å². The first-order valence-electron chi connectivity index (χ1n) is 14.5. The van der Waals surface area contributed by atoms with Crippen LogP contribution in [0.1, 0.15) is 27.8 Å². The monoisotopic (exact) mass is 554 g/mol. The van der Waals surface area contributed by atoms with Gasteiger partial charge in [0.2, 0.25) is 0 Å². The van der Waals surface area contributed by atoms with E-state index in [1.807, 2.05) is 30.7 Å². The van der Waals surface area contributed by atoms with E-state index in [0.717, 1.165) is 73.2 Å². The number of nitrogens with one attached hydrogen (secondary N) is 2. The van der Waals surface area contributed by atoms with Crippen LogP contribution in [-0.4, -0.2) is 15.8 Å². The van der Waals surface area contributed by atoms with Crippen molar-refractivity contribution in [2.45, 2.75) is 5.41 Å². The van der Waals surface area contributed by atoms with Crippen LogP contribution in [0.15, 0.2) is 128 Å². The van der Waals surface area contributed by atoms with Crippen molar-refractivity contribution in [1.29, 1.82) is 0 Å². The molecule has 0 saturated heterocycles. The molecule has 1 unspecified atom stereocenters. The Kier molecular flexibility index (Phi) is 4.32. The van der Waals surface area contributed by atoms with Crippen LogP contribution in [0.25, 0.3) is 33.2 Å². The number of ether oxygens (including phenoxy) is 2. The molecule has 43 heavy (non-hydrogen) atoms. The lowest BCUT2D eigenvalue weighted by atomic mass is 9.62. The number of fused-ring (bicyclic) bond motifs is 11. The number of aromatic amines is 1. The number of nitrogens with zero attached hydrogens (tertiary/aromatic N) is 1. The third-order valence-electron chi connectivity index (χ3n) is 9.23. The molecule has 5 aromatic carbocycles. The molecule has 3 aliphatic rings. The van der Waals surface area contributed by atoms with E-state index in [-0.39, 0.29) is 0 Å². The van der Waals surface area contributed by atoms with Crippen molar-refractivity contribution in [3.05, 3.63) is 155 Å². The predicted octanol–water partition coefficient (Wildman–Crippen LogP) is 7.21. The molecule has 0 fully saturated rings. The molecule has 1 atom stereocenters. The standard InChI is InChI=1S/C38H23N3O2/c1-4-10-32-26(7-1)27-17-18-40-37(27)41(32)25-14-16-31-36(20-25)43-34-12-6-3-9-29(34)38(31)28-8-2-5-11-33(28)42-35-19-23(13-15-30(35)38)24-21-39-22-24/h1-22,40H/p+1. The summed E-state index contributed by atoms with van der Waals surface area (Å²) in [5, 5.41) is 2.42. The highest BCUT2D eigenvalue weighted by atomic mass is 16.5. The highest BCUT2D eigenvalue weighted by molar-refractivity contribution is 6.10. The average Bonchev–Trinajstić information content (AvgIpc) is 3.61. The molecule has 0 aliphatic carbocycles. The SMILES string of the molecule is C1=[NH+]C=C1c1ccc2c(c1)Oc1ccccc1C21c2ccccc2Oc2cc(-n3c4ccccc4c4cc[nH]c43)ccc21. The van der Waals surface area contributed by atoms with Crippen LogP contribution in [0.4, 0.5) is 0 Å². The topological polar surface area (TPSA) is 53.2 Å². The van der Waals surface area contributed by atoms with E-state index in [9.17, 15) is 0 Å². The van der Waals surface area contributed by atoms with Gasteiger partial charge in [-0.1, -0.05) is 72.8 Å².